The number of hydrogen-bond acceptors (Lipinski definition) is 7. The van der Waals surface area contributed by atoms with Crippen molar-refractivity contribution in [2.24, 2.45) is 0 Å². The number of benzene rings is 1. The van der Waals surface area contributed by atoms with E-state index in [2.05, 4.69) is 4.98 Å². The molecule has 26 heavy (non-hydrogen) atoms. The molecule has 8 heteroatoms. The molecule has 0 fully saturated rings. The number of nitrogens with zero attached hydrogens (tertiary/aromatic N) is 2. The number of rotatable bonds is 9. The maximum Gasteiger partial charge on any atom is 0.305 e. The van der Waals surface area contributed by atoms with Crippen molar-refractivity contribution in [3.63, 3.8) is 0 Å². The van der Waals surface area contributed by atoms with E-state index in [0.717, 1.165) is 40.1 Å². The molecule has 0 atom stereocenters. The predicted octanol–water partition coefficient (Wildman–Crippen LogP) is 2.59. The summed E-state index contributed by atoms with van der Waals surface area (Å²) in [6.07, 6.45) is 2.80. The van der Waals surface area contributed by atoms with E-state index in [1.54, 1.807) is 24.9 Å². The van der Waals surface area contributed by atoms with E-state index in [0.29, 0.717) is 19.6 Å². The highest BCUT2D eigenvalue weighted by Crippen LogP contribution is 2.33. The lowest BCUT2D eigenvalue weighted by Crippen LogP contribution is -2.07. The van der Waals surface area contributed by atoms with Crippen molar-refractivity contribution in [1.29, 1.82) is 0 Å². The van der Waals surface area contributed by atoms with E-state index in [4.69, 9.17) is 14.2 Å². The van der Waals surface area contributed by atoms with Crippen LogP contribution < -0.4 is 9.47 Å². The van der Waals surface area contributed by atoms with Crippen LogP contribution in [0, 0.1) is 0 Å². The van der Waals surface area contributed by atoms with Crippen molar-refractivity contribution < 1.29 is 24.1 Å². The normalized spacial score (nSPS) is 12.4. The van der Waals surface area contributed by atoms with Gasteiger partial charge in [0.25, 0.3) is 0 Å². The molecule has 2 heterocycles. The van der Waals surface area contributed by atoms with Crippen molar-refractivity contribution in [1.82, 2.24) is 9.55 Å². The van der Waals surface area contributed by atoms with Crippen LogP contribution in [0.1, 0.15) is 31.0 Å². The van der Waals surface area contributed by atoms with E-state index in [1.165, 1.54) is 0 Å². The molecule has 1 aliphatic heterocycles. The molecule has 0 spiro atoms. The number of carbonyl (C=O) groups is 1. The monoisotopic (exact) mass is 378 g/mol. The third-order valence-electron chi connectivity index (χ3n) is 3.90. The SMILES string of the molecule is CCOC(=O)CCCSc1ncc(CO)n1Cc1ccc2c(c1)OCO2. The first-order valence-electron chi connectivity index (χ1n) is 8.53. The van der Waals surface area contributed by atoms with Crippen molar-refractivity contribution in [3.8, 4) is 11.5 Å². The Bertz CT molecular complexity index is 762. The summed E-state index contributed by atoms with van der Waals surface area (Å²) in [5.41, 5.74) is 1.78. The van der Waals surface area contributed by atoms with E-state index >= 15 is 0 Å². The van der Waals surface area contributed by atoms with Gasteiger partial charge in [0.1, 0.15) is 0 Å². The van der Waals surface area contributed by atoms with Crippen LogP contribution in [0.25, 0.3) is 0 Å². The molecule has 0 aliphatic carbocycles. The quantitative estimate of drug-likeness (QED) is 0.408. The fourth-order valence-electron chi connectivity index (χ4n) is 2.64. The number of aliphatic hydroxyl groups is 1. The zero-order valence-electron chi connectivity index (χ0n) is 14.6. The number of thioether (sulfide) groups is 1. The van der Waals surface area contributed by atoms with Gasteiger partial charge in [0.05, 0.1) is 31.6 Å². The van der Waals surface area contributed by atoms with Crippen molar-refractivity contribution in [3.05, 3.63) is 35.7 Å². The second-order valence-corrected chi connectivity index (χ2v) is 6.78. The first-order valence-corrected chi connectivity index (χ1v) is 9.52. The van der Waals surface area contributed by atoms with Gasteiger partial charge < -0.3 is 23.9 Å². The number of esters is 1. The number of hydrogen-bond donors (Lipinski definition) is 1. The number of carbonyl (C=O) groups excluding carboxylic acids is 1. The highest BCUT2D eigenvalue weighted by molar-refractivity contribution is 7.99. The van der Waals surface area contributed by atoms with Gasteiger partial charge in [-0.15, -0.1) is 0 Å². The van der Waals surface area contributed by atoms with E-state index in [1.807, 2.05) is 22.8 Å². The third-order valence-corrected chi connectivity index (χ3v) is 4.98. The molecular weight excluding hydrogens is 356 g/mol. The predicted molar refractivity (Wildman–Crippen MR) is 96.4 cm³/mol. The largest absolute Gasteiger partial charge is 0.466 e. The van der Waals surface area contributed by atoms with E-state index < -0.39 is 0 Å². The van der Waals surface area contributed by atoms with Crippen LogP contribution in [-0.2, 0) is 22.7 Å². The molecule has 0 saturated heterocycles. The Hall–Kier alpha value is -2.19. The second-order valence-electron chi connectivity index (χ2n) is 5.72. The molecule has 2 aromatic rings. The summed E-state index contributed by atoms with van der Waals surface area (Å²) in [6, 6.07) is 5.81. The zero-order chi connectivity index (χ0) is 18.4. The Morgan fingerprint density at radius 1 is 1.38 bits per heavy atom. The number of imidazole rings is 1. The minimum Gasteiger partial charge on any atom is -0.466 e. The highest BCUT2D eigenvalue weighted by atomic mass is 32.2. The van der Waals surface area contributed by atoms with Crippen LogP contribution >= 0.6 is 11.8 Å². The summed E-state index contributed by atoms with van der Waals surface area (Å²) >= 11 is 1.57. The lowest BCUT2D eigenvalue weighted by atomic mass is 10.2. The number of fused-ring (bicyclic) bond motifs is 1. The van der Waals surface area contributed by atoms with Crippen molar-refractivity contribution in [2.45, 2.75) is 38.1 Å². The fraction of sp³-hybridized carbons (Fsp3) is 0.444. The summed E-state index contributed by atoms with van der Waals surface area (Å²) in [6.45, 7) is 2.95. The molecular formula is C18H22N2O5S. The van der Waals surface area contributed by atoms with Crippen molar-refractivity contribution in [2.75, 3.05) is 19.2 Å². The maximum atomic E-state index is 11.4. The van der Waals surface area contributed by atoms with Crippen molar-refractivity contribution >= 4 is 17.7 Å². The Morgan fingerprint density at radius 2 is 2.23 bits per heavy atom. The Balaban J connectivity index is 1.63. The first-order chi connectivity index (χ1) is 12.7. The molecule has 7 nitrogen and oxygen atoms in total. The summed E-state index contributed by atoms with van der Waals surface area (Å²) in [4.78, 5) is 15.8. The molecule has 1 aromatic heterocycles. The molecule has 0 radical (unpaired) electrons. The van der Waals surface area contributed by atoms with Gasteiger partial charge in [-0.1, -0.05) is 17.8 Å². The topological polar surface area (TPSA) is 82.8 Å². The van der Waals surface area contributed by atoms with E-state index in [-0.39, 0.29) is 19.4 Å². The van der Waals surface area contributed by atoms with Gasteiger partial charge in [0.2, 0.25) is 6.79 Å². The lowest BCUT2D eigenvalue weighted by molar-refractivity contribution is -0.143. The molecule has 140 valence electrons. The molecule has 0 bridgehead atoms. The minimum absolute atomic E-state index is 0.0824. The smallest absolute Gasteiger partial charge is 0.305 e. The number of aliphatic hydroxyl groups excluding tert-OH is 1. The van der Waals surface area contributed by atoms with Gasteiger partial charge in [0.15, 0.2) is 16.7 Å². The molecule has 0 unspecified atom stereocenters. The zero-order valence-corrected chi connectivity index (χ0v) is 15.5. The van der Waals surface area contributed by atoms with Gasteiger partial charge in [-0.25, -0.2) is 4.98 Å². The Morgan fingerprint density at radius 3 is 3.04 bits per heavy atom. The number of ether oxygens (including phenoxy) is 3. The van der Waals surface area contributed by atoms with E-state index in [9.17, 15) is 9.90 Å². The standard InChI is InChI=1S/C18H22N2O5S/c1-2-23-17(22)4-3-7-26-18-19-9-14(11-21)20(18)10-13-5-6-15-16(8-13)25-12-24-15/h5-6,8-9,21H,2-4,7,10-12H2,1H3. The van der Waals surface area contributed by atoms with Gasteiger partial charge in [0, 0.05) is 12.2 Å². The molecule has 1 aliphatic rings. The van der Waals surface area contributed by atoms with Crippen LogP contribution in [-0.4, -0.2) is 39.8 Å². The summed E-state index contributed by atoms with van der Waals surface area (Å²) in [5, 5.41) is 10.4. The van der Waals surface area contributed by atoms with Crippen LogP contribution in [0.2, 0.25) is 0 Å². The Kier molecular flexibility index (Phi) is 6.40. The molecule has 1 aromatic carbocycles. The minimum atomic E-state index is -0.173. The molecule has 0 saturated carbocycles. The van der Waals surface area contributed by atoms with Gasteiger partial charge in [-0.3, -0.25) is 4.79 Å². The summed E-state index contributed by atoms with van der Waals surface area (Å²) in [7, 11) is 0. The lowest BCUT2D eigenvalue weighted by Gasteiger charge is -2.11. The van der Waals surface area contributed by atoms with Crippen LogP contribution in [0.15, 0.2) is 29.6 Å². The average molecular weight is 378 g/mol. The summed E-state index contributed by atoms with van der Waals surface area (Å²) in [5.74, 6) is 2.06. The average Bonchev–Trinajstić information content (AvgIpc) is 3.25. The molecule has 1 N–H and O–H groups in total. The summed E-state index contributed by atoms with van der Waals surface area (Å²) < 4.78 is 17.7. The highest BCUT2D eigenvalue weighted by Gasteiger charge is 2.15. The maximum absolute atomic E-state index is 11.4. The van der Waals surface area contributed by atoms with Gasteiger partial charge in [-0.05, 0) is 31.0 Å². The molecule has 3 rings (SSSR count). The number of aromatic nitrogens is 2. The first kappa shape index (κ1) is 18.6. The third kappa shape index (κ3) is 4.50. The van der Waals surface area contributed by atoms with Crippen LogP contribution in [0.3, 0.4) is 0 Å². The second kappa shape index (κ2) is 8.95. The van der Waals surface area contributed by atoms with Gasteiger partial charge >= 0.3 is 5.97 Å². The van der Waals surface area contributed by atoms with Crippen LogP contribution in [0.5, 0.6) is 11.5 Å². The molecule has 0 amide bonds. The van der Waals surface area contributed by atoms with Crippen LogP contribution in [0.4, 0.5) is 0 Å². The van der Waals surface area contributed by atoms with Gasteiger partial charge in [-0.2, -0.15) is 0 Å². The fourth-order valence-corrected chi connectivity index (χ4v) is 3.57. The Labute approximate surface area is 156 Å².